The average molecular weight is 340 g/mol. The molecule has 0 saturated carbocycles. The van der Waals surface area contributed by atoms with Gasteiger partial charge in [0.1, 0.15) is 0 Å². The van der Waals surface area contributed by atoms with Crippen LogP contribution in [-0.4, -0.2) is 40.8 Å². The van der Waals surface area contributed by atoms with Gasteiger partial charge in [0, 0.05) is 18.2 Å². The Kier molecular flexibility index (Phi) is 3.64. The van der Waals surface area contributed by atoms with Gasteiger partial charge in [0.05, 0.1) is 10.8 Å². The number of hydrogen-bond acceptors (Lipinski definition) is 5. The van der Waals surface area contributed by atoms with Crippen LogP contribution in [0.4, 0.5) is 5.69 Å². The molecule has 2 aliphatic rings. The van der Waals surface area contributed by atoms with E-state index in [9.17, 15) is 28.4 Å². The van der Waals surface area contributed by atoms with Gasteiger partial charge in [-0.3, -0.25) is 14.9 Å². The van der Waals surface area contributed by atoms with E-state index >= 15 is 0 Å². The van der Waals surface area contributed by atoms with Crippen molar-refractivity contribution in [3.8, 4) is 0 Å². The molecule has 3 rings (SSSR count). The fourth-order valence-electron chi connectivity index (χ4n) is 3.80. The third-order valence-electron chi connectivity index (χ3n) is 4.71. The van der Waals surface area contributed by atoms with Gasteiger partial charge in [-0.2, -0.15) is 4.31 Å². The van der Waals surface area contributed by atoms with Gasteiger partial charge in [-0.25, -0.2) is 8.42 Å². The van der Waals surface area contributed by atoms with Gasteiger partial charge >= 0.3 is 5.97 Å². The zero-order valence-electron chi connectivity index (χ0n) is 12.4. The lowest BCUT2D eigenvalue weighted by atomic mass is 9.89. The van der Waals surface area contributed by atoms with Crippen molar-refractivity contribution in [2.24, 2.45) is 5.92 Å². The molecule has 0 aromatic heterocycles. The summed E-state index contributed by atoms with van der Waals surface area (Å²) in [5.74, 6) is -1.76. The number of aliphatic carboxylic acids is 1. The van der Waals surface area contributed by atoms with Gasteiger partial charge in [0.25, 0.3) is 15.7 Å². The van der Waals surface area contributed by atoms with E-state index in [-0.39, 0.29) is 16.9 Å². The molecule has 1 aromatic rings. The summed E-state index contributed by atoms with van der Waals surface area (Å²) in [5, 5.41) is 20.5. The molecule has 9 heteroatoms. The number of nitro groups is 1. The quantitative estimate of drug-likeness (QED) is 0.656. The molecule has 2 heterocycles. The van der Waals surface area contributed by atoms with Crippen LogP contribution in [0.25, 0.3) is 0 Å². The van der Waals surface area contributed by atoms with E-state index in [0.29, 0.717) is 12.8 Å². The lowest BCUT2D eigenvalue weighted by Gasteiger charge is -2.23. The van der Waals surface area contributed by atoms with Crippen molar-refractivity contribution >= 4 is 21.7 Å². The molecule has 0 radical (unpaired) electrons. The van der Waals surface area contributed by atoms with Crippen LogP contribution in [0.1, 0.15) is 24.8 Å². The first-order chi connectivity index (χ1) is 10.7. The molecule has 3 unspecified atom stereocenters. The highest BCUT2D eigenvalue weighted by Gasteiger charge is 2.55. The number of carbonyl (C=O) groups is 1. The maximum Gasteiger partial charge on any atom is 0.308 e. The normalized spacial score (nSPS) is 27.3. The van der Waals surface area contributed by atoms with E-state index in [1.54, 1.807) is 0 Å². The second kappa shape index (κ2) is 5.27. The van der Waals surface area contributed by atoms with Crippen LogP contribution in [-0.2, 0) is 14.8 Å². The van der Waals surface area contributed by atoms with Crippen molar-refractivity contribution in [1.82, 2.24) is 4.31 Å². The average Bonchev–Trinajstić information content (AvgIpc) is 3.05. The van der Waals surface area contributed by atoms with Crippen molar-refractivity contribution in [3.63, 3.8) is 0 Å². The van der Waals surface area contributed by atoms with Gasteiger partial charge in [0.2, 0.25) is 0 Å². The highest BCUT2D eigenvalue weighted by Crippen LogP contribution is 2.46. The lowest BCUT2D eigenvalue weighted by Crippen LogP contribution is -2.38. The summed E-state index contributed by atoms with van der Waals surface area (Å²) in [6.07, 6.45) is 1.33. The number of rotatable bonds is 4. The van der Waals surface area contributed by atoms with Crippen LogP contribution >= 0.6 is 0 Å². The van der Waals surface area contributed by atoms with Crippen molar-refractivity contribution in [2.75, 3.05) is 0 Å². The first-order valence-electron chi connectivity index (χ1n) is 7.25. The molecule has 2 fully saturated rings. The predicted molar refractivity (Wildman–Crippen MR) is 79.4 cm³/mol. The van der Waals surface area contributed by atoms with Crippen LogP contribution in [0.5, 0.6) is 0 Å². The Bertz CT molecular complexity index is 790. The Morgan fingerprint density at radius 2 is 2.09 bits per heavy atom. The molecule has 1 N–H and O–H groups in total. The summed E-state index contributed by atoms with van der Waals surface area (Å²) in [6, 6.07) is 3.08. The summed E-state index contributed by atoms with van der Waals surface area (Å²) in [4.78, 5) is 21.5. The molecule has 0 amide bonds. The van der Waals surface area contributed by atoms with E-state index in [1.165, 1.54) is 23.4 Å². The minimum Gasteiger partial charge on any atom is -0.481 e. The number of nitrogens with zero attached hydrogens (tertiary/aromatic N) is 2. The zero-order chi connectivity index (χ0) is 16.9. The SMILES string of the molecule is Cc1cccc([N+](=O)[O-])c1S(=O)(=O)N1C2CCC1C(C(=O)O)C2. The summed E-state index contributed by atoms with van der Waals surface area (Å²) < 4.78 is 27.3. The van der Waals surface area contributed by atoms with E-state index < -0.39 is 44.6 Å². The Hall–Kier alpha value is -2.00. The first kappa shape index (κ1) is 15.9. The van der Waals surface area contributed by atoms with E-state index in [2.05, 4.69) is 0 Å². The topological polar surface area (TPSA) is 118 Å². The van der Waals surface area contributed by atoms with Crippen molar-refractivity contribution in [3.05, 3.63) is 33.9 Å². The van der Waals surface area contributed by atoms with Crippen LogP contribution in [0, 0.1) is 23.0 Å². The van der Waals surface area contributed by atoms with E-state index in [0.717, 1.165) is 6.07 Å². The Labute approximate surface area is 132 Å². The minimum absolute atomic E-state index is 0.263. The number of aryl methyl sites for hydroxylation is 1. The minimum atomic E-state index is -4.12. The van der Waals surface area contributed by atoms with Crippen molar-refractivity contribution in [2.45, 2.75) is 43.2 Å². The van der Waals surface area contributed by atoms with Gasteiger partial charge in [-0.05, 0) is 31.7 Å². The summed E-state index contributed by atoms with van der Waals surface area (Å²) in [5.41, 5.74) is -0.180. The van der Waals surface area contributed by atoms with Gasteiger partial charge < -0.3 is 5.11 Å². The standard InChI is InChI=1S/C14H16N2O6S/c1-8-3-2-4-12(16(19)20)13(8)23(21,22)15-9-5-6-11(15)10(7-9)14(17)18/h2-4,9-11H,5-7H2,1H3,(H,17,18). The molecular weight excluding hydrogens is 324 g/mol. The molecule has 23 heavy (non-hydrogen) atoms. The smallest absolute Gasteiger partial charge is 0.308 e. The van der Waals surface area contributed by atoms with Crippen LogP contribution < -0.4 is 0 Å². The number of nitro benzene ring substituents is 1. The maximum atomic E-state index is 13.0. The predicted octanol–water partition coefficient (Wildman–Crippen LogP) is 1.53. The van der Waals surface area contributed by atoms with Crippen LogP contribution in [0.15, 0.2) is 23.1 Å². The number of fused-ring (bicyclic) bond motifs is 2. The molecule has 0 spiro atoms. The third-order valence-corrected chi connectivity index (χ3v) is 6.88. The molecule has 8 nitrogen and oxygen atoms in total. The number of carboxylic acids is 1. The Balaban J connectivity index is 2.11. The Morgan fingerprint density at radius 1 is 1.39 bits per heavy atom. The maximum absolute atomic E-state index is 13.0. The van der Waals surface area contributed by atoms with E-state index in [1.807, 2.05) is 0 Å². The third kappa shape index (κ3) is 2.31. The molecule has 124 valence electrons. The van der Waals surface area contributed by atoms with E-state index in [4.69, 9.17) is 0 Å². The molecule has 2 bridgehead atoms. The summed E-state index contributed by atoms with van der Waals surface area (Å²) in [7, 11) is -4.12. The van der Waals surface area contributed by atoms with Gasteiger partial charge in [-0.1, -0.05) is 12.1 Å². The molecular formula is C14H16N2O6S. The van der Waals surface area contributed by atoms with Crippen molar-refractivity contribution in [1.29, 1.82) is 0 Å². The van der Waals surface area contributed by atoms with Gasteiger partial charge in [0.15, 0.2) is 4.90 Å². The summed E-state index contributed by atoms with van der Waals surface area (Å²) in [6.45, 7) is 1.51. The second-order valence-corrected chi connectivity index (χ2v) is 7.77. The Morgan fingerprint density at radius 3 is 2.65 bits per heavy atom. The first-order valence-corrected chi connectivity index (χ1v) is 8.69. The number of sulfonamides is 1. The highest BCUT2D eigenvalue weighted by molar-refractivity contribution is 7.89. The number of carboxylic acid groups (broad SMARTS) is 1. The van der Waals surface area contributed by atoms with Crippen molar-refractivity contribution < 1.29 is 23.2 Å². The van der Waals surface area contributed by atoms with Gasteiger partial charge in [-0.15, -0.1) is 0 Å². The fraction of sp³-hybridized carbons (Fsp3) is 0.500. The zero-order valence-corrected chi connectivity index (χ0v) is 13.2. The lowest BCUT2D eigenvalue weighted by molar-refractivity contribution is -0.387. The fourth-order valence-corrected chi connectivity index (χ4v) is 6.09. The molecule has 2 saturated heterocycles. The highest BCUT2D eigenvalue weighted by atomic mass is 32.2. The largest absolute Gasteiger partial charge is 0.481 e. The second-order valence-electron chi connectivity index (χ2n) is 5.99. The van der Waals surface area contributed by atoms with Crippen LogP contribution in [0.2, 0.25) is 0 Å². The molecule has 0 aliphatic carbocycles. The molecule has 1 aromatic carbocycles. The molecule has 3 atom stereocenters. The monoisotopic (exact) mass is 340 g/mol. The summed E-state index contributed by atoms with van der Waals surface area (Å²) >= 11 is 0. The van der Waals surface area contributed by atoms with Crippen LogP contribution in [0.3, 0.4) is 0 Å². The number of hydrogen-bond donors (Lipinski definition) is 1. The molecule has 2 aliphatic heterocycles. The number of benzene rings is 1.